The first-order chi connectivity index (χ1) is 14.0. The fourth-order valence-electron chi connectivity index (χ4n) is 5.87. The maximum atomic E-state index is 10.2. The van der Waals surface area contributed by atoms with Gasteiger partial charge in [-0.2, -0.15) is 0 Å². The second kappa shape index (κ2) is 6.93. The molecule has 2 atom stereocenters. The molecule has 5 rings (SSSR count). The number of piperidine rings is 1. The van der Waals surface area contributed by atoms with Gasteiger partial charge in [-0.15, -0.1) is 6.58 Å². The van der Waals surface area contributed by atoms with Crippen LogP contribution in [0.2, 0.25) is 5.02 Å². The molecule has 1 N–H and O–H groups in total. The van der Waals surface area contributed by atoms with Crippen LogP contribution in [0, 0.1) is 5.92 Å². The fraction of sp³-hybridized carbons (Fsp3) is 0.360. The van der Waals surface area contributed by atoms with Crippen LogP contribution in [0.5, 0.6) is 5.75 Å². The number of aromatic nitrogens is 1. The van der Waals surface area contributed by atoms with Crippen molar-refractivity contribution >= 4 is 22.5 Å². The third-order valence-corrected chi connectivity index (χ3v) is 7.58. The highest BCUT2D eigenvalue weighted by Gasteiger charge is 2.48. The maximum Gasteiger partial charge on any atom is 0.115 e. The number of benzene rings is 2. The van der Waals surface area contributed by atoms with E-state index in [1.807, 2.05) is 24.3 Å². The number of likely N-dealkylation sites (tertiary alicyclic amines) is 1. The first-order valence-electron chi connectivity index (χ1n) is 10.4. The van der Waals surface area contributed by atoms with E-state index in [0.717, 1.165) is 49.4 Å². The van der Waals surface area contributed by atoms with Gasteiger partial charge in [0, 0.05) is 36.6 Å². The van der Waals surface area contributed by atoms with Crippen LogP contribution >= 0.6 is 11.6 Å². The van der Waals surface area contributed by atoms with Crippen LogP contribution in [-0.2, 0) is 25.3 Å². The van der Waals surface area contributed by atoms with E-state index in [0.29, 0.717) is 11.7 Å². The summed E-state index contributed by atoms with van der Waals surface area (Å²) in [5, 5.41) is 12.3. The Hall–Kier alpha value is -2.23. The molecule has 0 spiro atoms. The Bertz CT molecular complexity index is 1100. The third kappa shape index (κ3) is 2.83. The van der Waals surface area contributed by atoms with Crippen LogP contribution in [0.25, 0.3) is 10.9 Å². The van der Waals surface area contributed by atoms with Gasteiger partial charge in [0.15, 0.2) is 0 Å². The molecule has 3 nitrogen and oxygen atoms in total. The van der Waals surface area contributed by atoms with Gasteiger partial charge in [0.25, 0.3) is 0 Å². The molecule has 0 bridgehead atoms. The normalized spacial score (nSPS) is 24.3. The highest BCUT2D eigenvalue weighted by atomic mass is 35.5. The molecule has 0 radical (unpaired) electrons. The molecule has 1 aliphatic heterocycles. The summed E-state index contributed by atoms with van der Waals surface area (Å²) in [6.45, 7) is 6.98. The smallest absolute Gasteiger partial charge is 0.115 e. The Morgan fingerprint density at radius 2 is 2.10 bits per heavy atom. The summed E-state index contributed by atoms with van der Waals surface area (Å²) in [6.07, 6.45) is 5.12. The molecule has 29 heavy (non-hydrogen) atoms. The SMILES string of the molecule is C=CCN1CCC2(c3cccc(O)c3)Cc3c(c4cccc(Cl)c4n3C)CC2C1. The van der Waals surface area contributed by atoms with E-state index in [2.05, 4.69) is 41.3 Å². The Kier molecular flexibility index (Phi) is 4.49. The second-order valence-electron chi connectivity index (χ2n) is 8.70. The minimum Gasteiger partial charge on any atom is -0.508 e. The van der Waals surface area contributed by atoms with Crippen molar-refractivity contribution in [2.75, 3.05) is 19.6 Å². The second-order valence-corrected chi connectivity index (χ2v) is 9.11. The van der Waals surface area contributed by atoms with Crippen molar-refractivity contribution in [3.05, 3.63) is 77.0 Å². The molecule has 3 aromatic rings. The summed E-state index contributed by atoms with van der Waals surface area (Å²) < 4.78 is 2.31. The molecular formula is C25H27ClN2O. The van der Waals surface area contributed by atoms with E-state index >= 15 is 0 Å². The van der Waals surface area contributed by atoms with Crippen LogP contribution in [0.1, 0.15) is 23.2 Å². The lowest BCUT2D eigenvalue weighted by atomic mass is 9.58. The largest absolute Gasteiger partial charge is 0.508 e. The molecule has 2 aliphatic rings. The van der Waals surface area contributed by atoms with Crippen LogP contribution in [0.4, 0.5) is 0 Å². The predicted octanol–water partition coefficient (Wildman–Crippen LogP) is 5.08. The number of rotatable bonds is 3. The zero-order chi connectivity index (χ0) is 20.2. The molecule has 4 heteroatoms. The van der Waals surface area contributed by atoms with Crippen molar-refractivity contribution in [2.45, 2.75) is 24.7 Å². The van der Waals surface area contributed by atoms with Crippen molar-refractivity contribution in [1.82, 2.24) is 9.47 Å². The number of aromatic hydroxyl groups is 1. The molecule has 2 unspecified atom stereocenters. The molecule has 0 saturated carbocycles. The third-order valence-electron chi connectivity index (χ3n) is 7.28. The average Bonchev–Trinajstić information content (AvgIpc) is 2.99. The number of halogens is 1. The minimum atomic E-state index is 0.0397. The van der Waals surface area contributed by atoms with Crippen LogP contribution in [0.15, 0.2) is 55.1 Å². The predicted molar refractivity (Wildman–Crippen MR) is 120 cm³/mol. The zero-order valence-electron chi connectivity index (χ0n) is 16.9. The van der Waals surface area contributed by atoms with Gasteiger partial charge in [-0.1, -0.05) is 41.9 Å². The average molecular weight is 407 g/mol. The highest BCUT2D eigenvalue weighted by molar-refractivity contribution is 6.35. The Labute approximate surface area is 177 Å². The number of phenolic OH excluding ortho intramolecular Hbond substituents is 1. The molecule has 1 fully saturated rings. The Morgan fingerprint density at radius 1 is 1.28 bits per heavy atom. The van der Waals surface area contributed by atoms with Gasteiger partial charge in [-0.05, 0) is 61.1 Å². The summed E-state index contributed by atoms with van der Waals surface area (Å²) in [5.74, 6) is 0.852. The topological polar surface area (TPSA) is 28.4 Å². The van der Waals surface area contributed by atoms with Crippen LogP contribution in [-0.4, -0.2) is 34.2 Å². The zero-order valence-corrected chi connectivity index (χ0v) is 17.6. The van der Waals surface area contributed by atoms with E-state index in [1.54, 1.807) is 6.07 Å². The van der Waals surface area contributed by atoms with Crippen LogP contribution < -0.4 is 0 Å². The molecule has 1 aromatic heterocycles. The van der Waals surface area contributed by atoms with Gasteiger partial charge < -0.3 is 9.67 Å². The van der Waals surface area contributed by atoms with Crippen molar-refractivity contribution < 1.29 is 5.11 Å². The van der Waals surface area contributed by atoms with Crippen LogP contribution in [0.3, 0.4) is 0 Å². The number of para-hydroxylation sites is 1. The van der Waals surface area contributed by atoms with E-state index in [1.165, 1.54) is 22.2 Å². The number of hydrogen-bond acceptors (Lipinski definition) is 2. The minimum absolute atomic E-state index is 0.0397. The van der Waals surface area contributed by atoms with Gasteiger partial charge in [0.2, 0.25) is 0 Å². The number of fused-ring (bicyclic) bond motifs is 4. The van der Waals surface area contributed by atoms with Crippen molar-refractivity contribution in [1.29, 1.82) is 0 Å². The molecular weight excluding hydrogens is 380 g/mol. The summed E-state index contributed by atoms with van der Waals surface area (Å²) >= 11 is 6.60. The van der Waals surface area contributed by atoms with Gasteiger partial charge in [-0.25, -0.2) is 0 Å². The standard InChI is InChI=1S/C25H27ClN2O/c1-3-11-28-12-10-25(17-6-4-7-19(29)13-17)15-23-21(14-18(25)16-28)20-8-5-9-22(26)24(20)27(23)2/h3-9,13,18,29H,1,10-12,14-16H2,2H3. The number of hydrogen-bond donors (Lipinski definition) is 1. The lowest BCUT2D eigenvalue weighted by Crippen LogP contribution is -2.53. The quantitative estimate of drug-likeness (QED) is 0.614. The van der Waals surface area contributed by atoms with Gasteiger partial charge in [-0.3, -0.25) is 4.90 Å². The maximum absolute atomic E-state index is 10.2. The summed E-state index contributed by atoms with van der Waals surface area (Å²) in [4.78, 5) is 2.52. The molecule has 2 aromatic carbocycles. The Morgan fingerprint density at radius 3 is 2.90 bits per heavy atom. The lowest BCUT2D eigenvalue weighted by molar-refractivity contribution is 0.0888. The number of nitrogens with zero attached hydrogens (tertiary/aromatic N) is 2. The molecule has 1 saturated heterocycles. The first kappa shape index (κ1) is 18.8. The number of phenols is 1. The number of aryl methyl sites for hydroxylation is 1. The van der Waals surface area contributed by atoms with E-state index < -0.39 is 0 Å². The molecule has 1 aliphatic carbocycles. The lowest BCUT2D eigenvalue weighted by Gasteiger charge is -2.51. The van der Waals surface area contributed by atoms with E-state index in [4.69, 9.17) is 11.6 Å². The van der Waals surface area contributed by atoms with Gasteiger partial charge in [0.05, 0.1) is 10.5 Å². The van der Waals surface area contributed by atoms with Gasteiger partial charge >= 0.3 is 0 Å². The first-order valence-corrected chi connectivity index (χ1v) is 10.8. The molecule has 150 valence electrons. The monoisotopic (exact) mass is 406 g/mol. The van der Waals surface area contributed by atoms with Crippen molar-refractivity contribution in [2.24, 2.45) is 13.0 Å². The molecule has 0 amide bonds. The van der Waals surface area contributed by atoms with Crippen molar-refractivity contribution in [3.63, 3.8) is 0 Å². The summed E-state index contributed by atoms with van der Waals surface area (Å²) in [5.41, 5.74) is 5.29. The van der Waals surface area contributed by atoms with E-state index in [9.17, 15) is 5.11 Å². The summed E-state index contributed by atoms with van der Waals surface area (Å²) in [6, 6.07) is 14.2. The van der Waals surface area contributed by atoms with Gasteiger partial charge in [0.1, 0.15) is 5.75 Å². The molecule has 2 heterocycles. The highest BCUT2D eigenvalue weighted by Crippen LogP contribution is 2.50. The fourth-order valence-corrected chi connectivity index (χ4v) is 6.17. The summed E-state index contributed by atoms with van der Waals surface area (Å²) in [7, 11) is 2.15. The Balaban J connectivity index is 1.69. The van der Waals surface area contributed by atoms with E-state index in [-0.39, 0.29) is 5.41 Å². The van der Waals surface area contributed by atoms with Crippen molar-refractivity contribution in [3.8, 4) is 5.75 Å².